The Morgan fingerprint density at radius 3 is 2.84 bits per heavy atom. The van der Waals surface area contributed by atoms with Gasteiger partial charge >= 0.3 is 6.03 Å². The van der Waals surface area contributed by atoms with Crippen LogP contribution < -0.4 is 26.2 Å². The summed E-state index contributed by atoms with van der Waals surface area (Å²) in [6, 6.07) is 9.78. The molecule has 4 amide bonds. The molecule has 0 radical (unpaired) electrons. The van der Waals surface area contributed by atoms with Gasteiger partial charge in [0.15, 0.2) is 6.10 Å². The summed E-state index contributed by atoms with van der Waals surface area (Å²) in [6.45, 7) is 5.40. The van der Waals surface area contributed by atoms with Crippen LogP contribution in [-0.2, 0) is 4.79 Å². The molecule has 4 N–H and O–H groups in total. The third kappa shape index (κ3) is 4.07. The van der Waals surface area contributed by atoms with Crippen molar-refractivity contribution in [2.24, 2.45) is 0 Å². The first-order chi connectivity index (χ1) is 15.4. The van der Waals surface area contributed by atoms with Crippen LogP contribution in [-0.4, -0.2) is 33.3 Å². The molecule has 166 valence electrons. The van der Waals surface area contributed by atoms with E-state index in [1.807, 2.05) is 13.0 Å². The number of hydrogen-bond donors (Lipinski definition) is 4. The van der Waals surface area contributed by atoms with Gasteiger partial charge in [0.1, 0.15) is 17.1 Å². The number of rotatable bonds is 4. The normalized spacial score (nSPS) is 15.8. The van der Waals surface area contributed by atoms with Crippen molar-refractivity contribution in [2.75, 3.05) is 5.32 Å². The zero-order valence-corrected chi connectivity index (χ0v) is 17.9. The highest BCUT2D eigenvalue weighted by atomic mass is 16.5. The lowest BCUT2D eigenvalue weighted by Gasteiger charge is -2.26. The molecular formula is C22H24N6O4. The third-order valence-electron chi connectivity index (χ3n) is 5.25. The van der Waals surface area contributed by atoms with Gasteiger partial charge in [0.05, 0.1) is 17.4 Å². The second-order valence-electron chi connectivity index (χ2n) is 7.51. The van der Waals surface area contributed by atoms with Crippen LogP contribution in [0.3, 0.4) is 0 Å². The molecule has 1 aliphatic heterocycles. The number of carbonyl (C=O) groups is 3. The number of carbonyl (C=O) groups excluding carboxylic acids is 3. The van der Waals surface area contributed by atoms with E-state index in [1.54, 1.807) is 54.8 Å². The average Bonchev–Trinajstić information content (AvgIpc) is 3.12. The lowest BCUT2D eigenvalue weighted by Crippen LogP contribution is -2.47. The molecule has 0 saturated heterocycles. The maximum absolute atomic E-state index is 12.6. The number of hydrogen-bond acceptors (Lipinski definition) is 5. The molecule has 1 aromatic carbocycles. The molecule has 0 fully saturated rings. The largest absolute Gasteiger partial charge is 0.478 e. The monoisotopic (exact) mass is 436 g/mol. The summed E-state index contributed by atoms with van der Waals surface area (Å²) in [4.78, 5) is 41.2. The minimum absolute atomic E-state index is 0.171. The van der Waals surface area contributed by atoms with Crippen molar-refractivity contribution < 1.29 is 19.1 Å². The summed E-state index contributed by atoms with van der Waals surface area (Å²) in [5.41, 5.74) is 7.69. The van der Waals surface area contributed by atoms with Gasteiger partial charge in [0.25, 0.3) is 11.8 Å². The van der Waals surface area contributed by atoms with E-state index in [2.05, 4.69) is 26.5 Å². The Kier molecular flexibility index (Phi) is 5.67. The van der Waals surface area contributed by atoms with Gasteiger partial charge < -0.3 is 15.4 Å². The van der Waals surface area contributed by atoms with Crippen molar-refractivity contribution in [3.8, 4) is 5.75 Å². The fourth-order valence-electron chi connectivity index (χ4n) is 3.57. The number of benzene rings is 1. The van der Waals surface area contributed by atoms with E-state index in [4.69, 9.17) is 4.74 Å². The lowest BCUT2D eigenvalue weighted by molar-refractivity contribution is -0.123. The zero-order valence-electron chi connectivity index (χ0n) is 17.9. The fraction of sp³-hybridized carbons (Fsp3) is 0.273. The number of amides is 4. The second-order valence-corrected chi connectivity index (χ2v) is 7.51. The van der Waals surface area contributed by atoms with E-state index >= 15 is 0 Å². The molecule has 10 nitrogen and oxygen atoms in total. The smallest absolute Gasteiger partial charge is 0.333 e. The minimum atomic E-state index is -0.573. The fourth-order valence-corrected chi connectivity index (χ4v) is 3.57. The van der Waals surface area contributed by atoms with Crippen molar-refractivity contribution in [2.45, 2.75) is 39.3 Å². The highest BCUT2D eigenvalue weighted by molar-refractivity contribution is 5.98. The molecule has 32 heavy (non-hydrogen) atoms. The van der Waals surface area contributed by atoms with Gasteiger partial charge in [0.2, 0.25) is 0 Å². The zero-order chi connectivity index (χ0) is 22.8. The van der Waals surface area contributed by atoms with Crippen LogP contribution >= 0.6 is 0 Å². The van der Waals surface area contributed by atoms with Crippen LogP contribution in [0.2, 0.25) is 0 Å². The summed E-state index contributed by atoms with van der Waals surface area (Å²) in [6.07, 6.45) is 1.75. The first-order valence-corrected chi connectivity index (χ1v) is 10.3. The predicted octanol–water partition coefficient (Wildman–Crippen LogP) is 2.46. The molecule has 4 rings (SSSR count). The topological polar surface area (TPSA) is 126 Å². The quantitative estimate of drug-likeness (QED) is 0.468. The molecular weight excluding hydrogens is 412 g/mol. The summed E-state index contributed by atoms with van der Waals surface area (Å²) >= 11 is 0. The Labute approximate surface area is 184 Å². The number of pyridine rings is 1. The molecule has 2 atom stereocenters. The number of nitrogens with zero attached hydrogens (tertiary/aromatic N) is 2. The number of hydrazine groups is 1. The lowest BCUT2D eigenvalue weighted by atomic mass is 10.1. The Morgan fingerprint density at radius 1 is 1.25 bits per heavy atom. The summed E-state index contributed by atoms with van der Waals surface area (Å²) in [5.74, 6) is -0.0952. The molecule has 3 heterocycles. The maximum atomic E-state index is 12.6. The van der Waals surface area contributed by atoms with Gasteiger partial charge in [-0.2, -0.15) is 0 Å². The number of urea groups is 1. The summed E-state index contributed by atoms with van der Waals surface area (Å²) in [5, 5.41) is 5.57. The van der Waals surface area contributed by atoms with E-state index in [1.165, 1.54) is 0 Å². The number of nitrogens with one attached hydrogen (secondary N) is 4. The van der Waals surface area contributed by atoms with E-state index < -0.39 is 18.0 Å². The van der Waals surface area contributed by atoms with Crippen molar-refractivity contribution >= 4 is 29.2 Å². The molecule has 2 unspecified atom stereocenters. The van der Waals surface area contributed by atoms with Crippen molar-refractivity contribution in [1.29, 1.82) is 0 Å². The molecule has 0 bridgehead atoms. The van der Waals surface area contributed by atoms with Gasteiger partial charge in [-0.05, 0) is 50.1 Å². The first kappa shape index (κ1) is 21.2. The molecule has 10 heteroatoms. The van der Waals surface area contributed by atoms with E-state index in [9.17, 15) is 14.4 Å². The predicted molar refractivity (Wildman–Crippen MR) is 117 cm³/mol. The second kappa shape index (κ2) is 8.58. The number of fused-ring (bicyclic) bond motifs is 2. The number of imidazole rings is 1. The van der Waals surface area contributed by atoms with Crippen LogP contribution in [0.5, 0.6) is 5.75 Å². The number of aryl methyl sites for hydroxylation is 1. The molecule has 0 aliphatic carbocycles. The maximum Gasteiger partial charge on any atom is 0.333 e. The Balaban J connectivity index is 1.38. The number of aromatic nitrogens is 2. The number of ether oxygens (including phenoxy) is 1. The number of anilines is 1. The Morgan fingerprint density at radius 2 is 2.06 bits per heavy atom. The van der Waals surface area contributed by atoms with Gasteiger partial charge in [-0.3, -0.25) is 19.4 Å². The van der Waals surface area contributed by atoms with Gasteiger partial charge in [-0.15, -0.1) is 0 Å². The molecule has 3 aromatic rings. The molecule has 1 aliphatic rings. The van der Waals surface area contributed by atoms with Crippen LogP contribution in [0.25, 0.3) is 5.65 Å². The van der Waals surface area contributed by atoms with Gasteiger partial charge in [0, 0.05) is 6.20 Å². The van der Waals surface area contributed by atoms with Crippen molar-refractivity contribution in [3.05, 3.63) is 59.5 Å². The van der Waals surface area contributed by atoms with E-state index in [0.717, 1.165) is 5.56 Å². The van der Waals surface area contributed by atoms with Crippen LogP contribution in [0.4, 0.5) is 10.5 Å². The van der Waals surface area contributed by atoms with E-state index in [0.29, 0.717) is 34.9 Å². The van der Waals surface area contributed by atoms with Gasteiger partial charge in [-0.1, -0.05) is 19.1 Å². The van der Waals surface area contributed by atoms with Crippen LogP contribution in [0.1, 0.15) is 48.1 Å². The third-order valence-corrected chi connectivity index (χ3v) is 5.25. The van der Waals surface area contributed by atoms with Crippen LogP contribution in [0, 0.1) is 6.92 Å². The van der Waals surface area contributed by atoms with Crippen LogP contribution in [0.15, 0.2) is 42.6 Å². The molecule has 2 aromatic heterocycles. The molecule has 0 spiro atoms. The standard InChI is InChI=1S/C22H24N6O4/c1-4-16-20(29)25-15-9-8-14(11-17(15)32-16)12(2)24-22(31)27-26-21(30)19-13(3)23-18-7-5-6-10-28(18)19/h5-12,16H,4H2,1-3H3,(H,25,29)(H,26,30)(H2,24,27,31). The average molecular weight is 436 g/mol. The SMILES string of the molecule is CCC1Oc2cc(C(C)NC(=O)NNC(=O)c3c(C)nc4ccccn34)ccc2NC1=O. The highest BCUT2D eigenvalue weighted by Crippen LogP contribution is 2.32. The van der Waals surface area contributed by atoms with E-state index in [-0.39, 0.29) is 11.9 Å². The minimum Gasteiger partial charge on any atom is -0.478 e. The Hall–Kier alpha value is -4.08. The Bertz CT molecular complexity index is 1200. The summed E-state index contributed by atoms with van der Waals surface area (Å²) in [7, 11) is 0. The van der Waals surface area contributed by atoms with Gasteiger partial charge in [-0.25, -0.2) is 15.2 Å². The van der Waals surface area contributed by atoms with Crippen molar-refractivity contribution in [1.82, 2.24) is 25.6 Å². The first-order valence-electron chi connectivity index (χ1n) is 10.3. The van der Waals surface area contributed by atoms with Crippen molar-refractivity contribution in [3.63, 3.8) is 0 Å². The molecule has 0 saturated carbocycles. The summed E-state index contributed by atoms with van der Waals surface area (Å²) < 4.78 is 7.41. The highest BCUT2D eigenvalue weighted by Gasteiger charge is 2.26.